The zero-order chi connectivity index (χ0) is 6.69. The van der Waals surface area contributed by atoms with Crippen molar-refractivity contribution in [3.05, 3.63) is 0 Å². The van der Waals surface area contributed by atoms with Crippen LogP contribution in [0.15, 0.2) is 0 Å². The van der Waals surface area contributed by atoms with Gasteiger partial charge in [-0.1, -0.05) is 0 Å². The first-order valence-corrected chi connectivity index (χ1v) is 3.26. The van der Waals surface area contributed by atoms with Gasteiger partial charge in [0.25, 0.3) is 0 Å². The molecule has 2 atom stereocenters. The zero-order valence-corrected chi connectivity index (χ0v) is 6.89. The van der Waals surface area contributed by atoms with Crippen LogP contribution in [-0.4, -0.2) is 32.0 Å². The normalized spacial score (nSPS) is 33.0. The fourth-order valence-corrected chi connectivity index (χ4v) is 0.775. The molecule has 0 radical (unpaired) electrons. The topological polar surface area (TPSA) is 44.5 Å². The van der Waals surface area contributed by atoms with Crippen LogP contribution < -0.4 is 5.73 Å². The van der Waals surface area contributed by atoms with E-state index in [0.717, 1.165) is 0 Å². The number of halogens is 1. The molecule has 0 aromatic heterocycles. The molecule has 1 saturated heterocycles. The summed E-state index contributed by atoms with van der Waals surface area (Å²) in [6.07, 6.45) is 0.369. The summed E-state index contributed by atoms with van der Waals surface area (Å²) < 4.78 is 10.6. The summed E-state index contributed by atoms with van der Waals surface area (Å²) in [4.78, 5) is 0. The minimum Gasteiger partial charge on any atom is -0.373 e. The smallest absolute Gasteiger partial charge is 0.0931 e. The SMILES string of the molecule is C[C@@H]1CO[C@@H](CN)CO1.Cl. The van der Waals surface area contributed by atoms with E-state index in [4.69, 9.17) is 15.2 Å². The van der Waals surface area contributed by atoms with Gasteiger partial charge in [-0.15, -0.1) is 12.4 Å². The standard InChI is InChI=1S/C6H13NO2.ClH/c1-5-3-9-6(2-7)4-8-5;/h5-6H,2-4,7H2,1H3;1H/t5-,6+;/m1./s1. The lowest BCUT2D eigenvalue weighted by atomic mass is 10.3. The summed E-state index contributed by atoms with van der Waals surface area (Å²) in [6.45, 7) is 3.89. The third-order valence-corrected chi connectivity index (χ3v) is 1.40. The molecule has 1 heterocycles. The van der Waals surface area contributed by atoms with Crippen LogP contribution in [0.2, 0.25) is 0 Å². The Hall–Kier alpha value is 0.170. The summed E-state index contributed by atoms with van der Waals surface area (Å²) in [5.74, 6) is 0. The second-order valence-electron chi connectivity index (χ2n) is 2.33. The molecule has 0 spiro atoms. The Bertz CT molecular complexity index is 83.8. The first-order chi connectivity index (χ1) is 4.33. The highest BCUT2D eigenvalue weighted by Crippen LogP contribution is 2.04. The van der Waals surface area contributed by atoms with Crippen LogP contribution >= 0.6 is 12.4 Å². The van der Waals surface area contributed by atoms with Gasteiger partial charge in [-0.3, -0.25) is 0 Å². The Morgan fingerprint density at radius 1 is 1.40 bits per heavy atom. The molecule has 1 aliphatic rings. The molecular weight excluding hydrogens is 154 g/mol. The molecule has 0 unspecified atom stereocenters. The molecule has 62 valence electrons. The predicted molar refractivity (Wildman–Crippen MR) is 41.5 cm³/mol. The maximum Gasteiger partial charge on any atom is 0.0931 e. The zero-order valence-electron chi connectivity index (χ0n) is 6.08. The van der Waals surface area contributed by atoms with Gasteiger partial charge in [0.1, 0.15) is 0 Å². The van der Waals surface area contributed by atoms with Crippen LogP contribution in [0.3, 0.4) is 0 Å². The van der Waals surface area contributed by atoms with E-state index < -0.39 is 0 Å². The Labute approximate surface area is 67.3 Å². The Balaban J connectivity index is 0.000000810. The van der Waals surface area contributed by atoms with E-state index >= 15 is 0 Å². The average Bonchev–Trinajstić information content (AvgIpc) is 1.90. The van der Waals surface area contributed by atoms with Gasteiger partial charge < -0.3 is 15.2 Å². The second-order valence-corrected chi connectivity index (χ2v) is 2.33. The van der Waals surface area contributed by atoms with Crippen LogP contribution in [0.1, 0.15) is 6.92 Å². The summed E-state index contributed by atoms with van der Waals surface area (Å²) in [7, 11) is 0. The first kappa shape index (κ1) is 10.2. The van der Waals surface area contributed by atoms with E-state index in [1.165, 1.54) is 0 Å². The Kier molecular flexibility index (Phi) is 4.99. The lowest BCUT2D eigenvalue weighted by molar-refractivity contribution is -0.122. The maximum atomic E-state index is 5.34. The van der Waals surface area contributed by atoms with Crippen molar-refractivity contribution in [2.75, 3.05) is 19.8 Å². The van der Waals surface area contributed by atoms with Crippen LogP contribution in [0.4, 0.5) is 0 Å². The molecule has 4 heteroatoms. The molecule has 1 fully saturated rings. The Morgan fingerprint density at radius 3 is 2.50 bits per heavy atom. The quantitative estimate of drug-likeness (QED) is 0.606. The van der Waals surface area contributed by atoms with Gasteiger partial charge in [-0.2, -0.15) is 0 Å². The van der Waals surface area contributed by atoms with Gasteiger partial charge in [0.2, 0.25) is 0 Å². The average molecular weight is 168 g/mol. The molecule has 0 aromatic rings. The van der Waals surface area contributed by atoms with Crippen molar-refractivity contribution in [3.63, 3.8) is 0 Å². The molecule has 0 aromatic carbocycles. The van der Waals surface area contributed by atoms with E-state index in [-0.39, 0.29) is 24.6 Å². The van der Waals surface area contributed by atoms with Crippen molar-refractivity contribution >= 4 is 12.4 Å². The molecule has 3 nitrogen and oxygen atoms in total. The third-order valence-electron chi connectivity index (χ3n) is 1.40. The van der Waals surface area contributed by atoms with Crippen LogP contribution in [0.5, 0.6) is 0 Å². The van der Waals surface area contributed by atoms with E-state index in [1.54, 1.807) is 0 Å². The summed E-state index contributed by atoms with van der Waals surface area (Å²) in [6, 6.07) is 0. The molecule has 0 saturated carbocycles. The van der Waals surface area contributed by atoms with Crippen molar-refractivity contribution in [1.29, 1.82) is 0 Å². The summed E-state index contributed by atoms with van der Waals surface area (Å²) in [5, 5.41) is 0. The minimum absolute atomic E-state index is 0. The highest BCUT2D eigenvalue weighted by molar-refractivity contribution is 5.85. The lowest BCUT2D eigenvalue weighted by Crippen LogP contribution is -2.38. The highest BCUT2D eigenvalue weighted by Gasteiger charge is 2.16. The molecule has 1 aliphatic heterocycles. The highest BCUT2D eigenvalue weighted by atomic mass is 35.5. The number of hydrogen-bond acceptors (Lipinski definition) is 3. The maximum absolute atomic E-state index is 5.34. The molecule has 10 heavy (non-hydrogen) atoms. The second kappa shape index (κ2) is 4.91. The van der Waals surface area contributed by atoms with Crippen molar-refractivity contribution in [2.24, 2.45) is 5.73 Å². The van der Waals surface area contributed by atoms with Gasteiger partial charge in [-0.05, 0) is 6.92 Å². The van der Waals surface area contributed by atoms with Crippen molar-refractivity contribution < 1.29 is 9.47 Å². The number of ether oxygens (including phenoxy) is 2. The minimum atomic E-state index is 0. The van der Waals surface area contributed by atoms with Crippen molar-refractivity contribution in [2.45, 2.75) is 19.1 Å². The fourth-order valence-electron chi connectivity index (χ4n) is 0.775. The van der Waals surface area contributed by atoms with Crippen LogP contribution in [-0.2, 0) is 9.47 Å². The number of rotatable bonds is 1. The Morgan fingerprint density at radius 2 is 2.10 bits per heavy atom. The number of nitrogens with two attached hydrogens (primary N) is 1. The van der Waals surface area contributed by atoms with Gasteiger partial charge in [-0.25, -0.2) is 0 Å². The van der Waals surface area contributed by atoms with Gasteiger partial charge >= 0.3 is 0 Å². The molecule has 2 N–H and O–H groups in total. The van der Waals surface area contributed by atoms with Crippen LogP contribution in [0.25, 0.3) is 0 Å². The molecule has 0 bridgehead atoms. The third kappa shape index (κ3) is 2.84. The van der Waals surface area contributed by atoms with Gasteiger partial charge in [0.05, 0.1) is 25.4 Å². The van der Waals surface area contributed by atoms with E-state index in [0.29, 0.717) is 19.8 Å². The largest absolute Gasteiger partial charge is 0.373 e. The molecule has 1 rings (SSSR count). The monoisotopic (exact) mass is 167 g/mol. The molecular formula is C6H14ClNO2. The lowest BCUT2D eigenvalue weighted by Gasteiger charge is -2.26. The first-order valence-electron chi connectivity index (χ1n) is 3.26. The molecule has 0 aliphatic carbocycles. The van der Waals surface area contributed by atoms with Crippen molar-refractivity contribution in [3.8, 4) is 0 Å². The van der Waals surface area contributed by atoms with E-state index in [2.05, 4.69) is 0 Å². The predicted octanol–water partition coefficient (Wildman–Crippen LogP) is 0.171. The van der Waals surface area contributed by atoms with Gasteiger partial charge in [0.15, 0.2) is 0 Å². The van der Waals surface area contributed by atoms with Crippen LogP contribution in [0, 0.1) is 0 Å². The fraction of sp³-hybridized carbons (Fsp3) is 1.00. The van der Waals surface area contributed by atoms with Gasteiger partial charge in [0, 0.05) is 6.54 Å². The summed E-state index contributed by atoms with van der Waals surface area (Å²) >= 11 is 0. The van der Waals surface area contributed by atoms with E-state index in [9.17, 15) is 0 Å². The molecule has 0 amide bonds. The van der Waals surface area contributed by atoms with E-state index in [1.807, 2.05) is 6.92 Å². The number of hydrogen-bond donors (Lipinski definition) is 1. The summed E-state index contributed by atoms with van der Waals surface area (Å²) in [5.41, 5.74) is 5.34. The van der Waals surface area contributed by atoms with Crippen molar-refractivity contribution in [1.82, 2.24) is 0 Å².